The highest BCUT2D eigenvalue weighted by atomic mass is 16.5. The molecule has 0 saturated heterocycles. The smallest absolute Gasteiger partial charge is 0.165 e. The van der Waals surface area contributed by atoms with Gasteiger partial charge >= 0.3 is 0 Å². The topological polar surface area (TPSA) is 51.5 Å². The Bertz CT molecular complexity index is 751. The van der Waals surface area contributed by atoms with Crippen molar-refractivity contribution in [2.75, 3.05) is 25.6 Å². The van der Waals surface area contributed by atoms with Gasteiger partial charge in [-0.05, 0) is 24.1 Å². The van der Waals surface area contributed by atoms with Crippen LogP contribution < -0.4 is 5.32 Å². The summed E-state index contributed by atoms with van der Waals surface area (Å²) in [7, 11) is 1.69. The number of ether oxygens (including phenoxy) is 1. The van der Waals surface area contributed by atoms with Gasteiger partial charge in [-0.3, -0.25) is 0 Å². The highest BCUT2D eigenvalue weighted by molar-refractivity contribution is 5.79. The van der Waals surface area contributed by atoms with Gasteiger partial charge in [0.1, 0.15) is 5.82 Å². The van der Waals surface area contributed by atoms with Crippen LogP contribution in [0, 0.1) is 6.92 Å². The lowest BCUT2D eigenvalue weighted by molar-refractivity contribution is 0.210. The maximum atomic E-state index is 5.06. The maximum Gasteiger partial charge on any atom is 0.165 e. The molecule has 5 heteroatoms. The van der Waals surface area contributed by atoms with Crippen LogP contribution in [0.25, 0.3) is 16.8 Å². The van der Waals surface area contributed by atoms with E-state index in [0.29, 0.717) is 6.61 Å². The van der Waals surface area contributed by atoms with Gasteiger partial charge in [0, 0.05) is 25.4 Å². The Kier molecular flexibility index (Phi) is 3.83. The van der Waals surface area contributed by atoms with Crippen molar-refractivity contribution >= 4 is 11.5 Å². The molecule has 0 aliphatic heterocycles. The molecule has 0 atom stereocenters. The third-order valence-corrected chi connectivity index (χ3v) is 3.45. The minimum atomic E-state index is 0.649. The average Bonchev–Trinajstić information content (AvgIpc) is 2.93. The highest BCUT2D eigenvalue weighted by Gasteiger charge is 2.11. The zero-order valence-corrected chi connectivity index (χ0v) is 12.2. The van der Waals surface area contributed by atoms with E-state index in [4.69, 9.17) is 4.74 Å². The molecular formula is C16H18N4O. The quantitative estimate of drug-likeness (QED) is 0.731. The van der Waals surface area contributed by atoms with Crippen molar-refractivity contribution < 1.29 is 4.74 Å². The van der Waals surface area contributed by atoms with Crippen molar-refractivity contribution in [3.63, 3.8) is 0 Å². The summed E-state index contributed by atoms with van der Waals surface area (Å²) in [6.45, 7) is 3.48. The Hall–Kier alpha value is -2.40. The second-order valence-electron chi connectivity index (χ2n) is 4.86. The van der Waals surface area contributed by atoms with Crippen molar-refractivity contribution in [2.24, 2.45) is 0 Å². The molecule has 3 aromatic rings. The fraction of sp³-hybridized carbons (Fsp3) is 0.250. The molecule has 21 heavy (non-hydrogen) atoms. The molecule has 2 aromatic heterocycles. The van der Waals surface area contributed by atoms with Crippen LogP contribution in [0.15, 0.2) is 42.7 Å². The molecular weight excluding hydrogens is 264 g/mol. The van der Waals surface area contributed by atoms with Crippen LogP contribution in [0.1, 0.15) is 5.56 Å². The second kappa shape index (κ2) is 5.93. The fourth-order valence-corrected chi connectivity index (χ4v) is 2.37. The van der Waals surface area contributed by atoms with Gasteiger partial charge in [-0.15, -0.1) is 0 Å². The van der Waals surface area contributed by atoms with Gasteiger partial charge in [0.25, 0.3) is 0 Å². The Balaban J connectivity index is 2.03. The number of aromatic nitrogens is 3. The van der Waals surface area contributed by atoms with Crippen molar-refractivity contribution in [2.45, 2.75) is 6.92 Å². The molecule has 0 amide bonds. The largest absolute Gasteiger partial charge is 0.383 e. The van der Waals surface area contributed by atoms with E-state index in [1.165, 1.54) is 5.56 Å². The lowest BCUT2D eigenvalue weighted by Crippen LogP contribution is -2.11. The van der Waals surface area contributed by atoms with E-state index in [2.05, 4.69) is 34.5 Å². The normalized spacial score (nSPS) is 11.0. The molecule has 0 fully saturated rings. The van der Waals surface area contributed by atoms with Crippen molar-refractivity contribution in [3.05, 3.63) is 48.3 Å². The van der Waals surface area contributed by atoms with Crippen molar-refractivity contribution in [1.82, 2.24) is 14.6 Å². The monoisotopic (exact) mass is 282 g/mol. The second-order valence-corrected chi connectivity index (χ2v) is 4.86. The van der Waals surface area contributed by atoms with Crippen LogP contribution in [-0.4, -0.2) is 34.9 Å². The lowest BCUT2D eigenvalue weighted by atomic mass is 10.0. The van der Waals surface area contributed by atoms with Crippen molar-refractivity contribution in [1.29, 1.82) is 0 Å². The zero-order valence-electron chi connectivity index (χ0n) is 12.2. The van der Waals surface area contributed by atoms with Crippen LogP contribution in [0.2, 0.25) is 0 Å². The number of nitrogens with zero attached hydrogens (tertiary/aromatic N) is 3. The summed E-state index contributed by atoms with van der Waals surface area (Å²) in [5.41, 5.74) is 4.27. The van der Waals surface area contributed by atoms with Gasteiger partial charge in [0.15, 0.2) is 5.65 Å². The summed E-state index contributed by atoms with van der Waals surface area (Å²) in [6.07, 6.45) is 3.67. The van der Waals surface area contributed by atoms with Crippen LogP contribution in [-0.2, 0) is 4.74 Å². The van der Waals surface area contributed by atoms with E-state index < -0.39 is 0 Å². The molecule has 5 nitrogen and oxygen atoms in total. The third kappa shape index (κ3) is 2.60. The molecule has 108 valence electrons. The first-order chi connectivity index (χ1) is 10.3. The first kappa shape index (κ1) is 13.6. The van der Waals surface area contributed by atoms with E-state index in [0.717, 1.165) is 29.1 Å². The lowest BCUT2D eigenvalue weighted by Gasteiger charge is -2.08. The van der Waals surface area contributed by atoms with Gasteiger partial charge < -0.3 is 10.1 Å². The molecule has 0 bridgehead atoms. The predicted molar refractivity (Wildman–Crippen MR) is 83.5 cm³/mol. The molecule has 0 unspecified atom stereocenters. The van der Waals surface area contributed by atoms with E-state index in [1.807, 2.05) is 28.9 Å². The average molecular weight is 282 g/mol. The minimum Gasteiger partial charge on any atom is -0.383 e. The maximum absolute atomic E-state index is 5.06. The number of hydrogen-bond donors (Lipinski definition) is 1. The number of aryl methyl sites for hydroxylation is 1. The van der Waals surface area contributed by atoms with Gasteiger partial charge in [0.2, 0.25) is 0 Å². The molecule has 2 heterocycles. The Morgan fingerprint density at radius 3 is 2.86 bits per heavy atom. The van der Waals surface area contributed by atoms with Crippen LogP contribution >= 0.6 is 0 Å². The van der Waals surface area contributed by atoms with E-state index >= 15 is 0 Å². The fourth-order valence-electron chi connectivity index (χ4n) is 2.37. The summed E-state index contributed by atoms with van der Waals surface area (Å²) >= 11 is 0. The number of methoxy groups -OCH3 is 1. The Morgan fingerprint density at radius 2 is 2.05 bits per heavy atom. The molecule has 0 radical (unpaired) electrons. The molecule has 0 aliphatic rings. The highest BCUT2D eigenvalue weighted by Crippen LogP contribution is 2.27. The SMILES string of the molecule is COCCNc1ccnc2c(-c3ccccc3C)cnn12. The number of fused-ring (bicyclic) bond motifs is 1. The number of rotatable bonds is 5. The first-order valence-corrected chi connectivity index (χ1v) is 6.93. The van der Waals surface area contributed by atoms with Gasteiger partial charge in [-0.1, -0.05) is 24.3 Å². The van der Waals surface area contributed by atoms with Crippen molar-refractivity contribution in [3.8, 4) is 11.1 Å². The Morgan fingerprint density at radius 1 is 1.19 bits per heavy atom. The van der Waals surface area contributed by atoms with Gasteiger partial charge in [0.05, 0.1) is 12.8 Å². The van der Waals surface area contributed by atoms with Crippen LogP contribution in [0.5, 0.6) is 0 Å². The van der Waals surface area contributed by atoms with E-state index in [1.54, 1.807) is 13.3 Å². The van der Waals surface area contributed by atoms with Crippen LogP contribution in [0.3, 0.4) is 0 Å². The summed E-state index contributed by atoms with van der Waals surface area (Å²) in [6, 6.07) is 10.2. The van der Waals surface area contributed by atoms with Gasteiger partial charge in [-0.25, -0.2) is 4.98 Å². The Labute approximate surface area is 123 Å². The summed E-state index contributed by atoms with van der Waals surface area (Å²) < 4.78 is 6.89. The van der Waals surface area contributed by atoms with Gasteiger partial charge in [-0.2, -0.15) is 9.61 Å². The summed E-state index contributed by atoms with van der Waals surface area (Å²) in [5, 5.41) is 7.77. The molecule has 0 aliphatic carbocycles. The number of nitrogens with one attached hydrogen (secondary N) is 1. The minimum absolute atomic E-state index is 0.649. The van der Waals surface area contributed by atoms with E-state index in [-0.39, 0.29) is 0 Å². The summed E-state index contributed by atoms with van der Waals surface area (Å²) in [4.78, 5) is 4.48. The first-order valence-electron chi connectivity index (χ1n) is 6.93. The number of hydrogen-bond acceptors (Lipinski definition) is 4. The van der Waals surface area contributed by atoms with E-state index in [9.17, 15) is 0 Å². The number of benzene rings is 1. The standard InChI is InChI=1S/C16H18N4O/c1-12-5-3-4-6-13(12)14-11-19-20-15(17-9-10-21-2)7-8-18-16(14)20/h3-8,11,17H,9-10H2,1-2H3. The summed E-state index contributed by atoms with van der Waals surface area (Å²) in [5.74, 6) is 0.914. The van der Waals surface area contributed by atoms with Crippen LogP contribution in [0.4, 0.5) is 5.82 Å². The molecule has 1 N–H and O–H groups in total. The molecule has 0 saturated carbocycles. The zero-order chi connectivity index (χ0) is 14.7. The number of anilines is 1. The molecule has 3 rings (SSSR count). The third-order valence-electron chi connectivity index (χ3n) is 3.45. The molecule has 0 spiro atoms. The molecule has 1 aromatic carbocycles. The predicted octanol–water partition coefficient (Wildman–Crippen LogP) is 2.76.